The second-order valence-corrected chi connectivity index (χ2v) is 10.6. The van der Waals surface area contributed by atoms with Crippen molar-refractivity contribution in [2.45, 2.75) is 79.1 Å². The molecule has 4 N–H and O–H groups in total. The lowest BCUT2D eigenvalue weighted by Crippen LogP contribution is -2.28. The third-order valence-electron chi connectivity index (χ3n) is 7.98. The Hall–Kier alpha value is -3.42. The number of aromatic amines is 2. The lowest BCUT2D eigenvalue weighted by atomic mass is 9.89. The van der Waals surface area contributed by atoms with E-state index in [-0.39, 0.29) is 5.88 Å². The van der Waals surface area contributed by atoms with E-state index in [9.17, 15) is 19.5 Å². The van der Waals surface area contributed by atoms with E-state index in [1.165, 1.54) is 0 Å². The Morgan fingerprint density at radius 3 is 2.16 bits per heavy atom. The zero-order valence-electron chi connectivity index (χ0n) is 23.0. The average Bonchev–Trinajstić information content (AvgIpc) is 2.90. The quantitative estimate of drug-likeness (QED) is 0.181. The molecule has 8 nitrogen and oxygen atoms in total. The number of H-pyrrole nitrogens is 2. The first kappa shape index (κ1) is 27.6. The van der Waals surface area contributed by atoms with E-state index < -0.39 is 16.7 Å². The average molecular weight is 521 g/mol. The molecule has 0 bridgehead atoms. The lowest BCUT2D eigenvalue weighted by Gasteiger charge is -2.21. The van der Waals surface area contributed by atoms with Gasteiger partial charge in [-0.05, 0) is 36.8 Å². The van der Waals surface area contributed by atoms with Crippen LogP contribution in [0.5, 0.6) is 5.88 Å². The topological polar surface area (TPSA) is 127 Å². The summed E-state index contributed by atoms with van der Waals surface area (Å²) in [6.07, 6.45) is 8.55. The molecule has 4 rings (SSSR count). The molecule has 1 aliphatic heterocycles. The molecular weight excluding hydrogens is 480 g/mol. The molecule has 1 aromatic carbocycles. The van der Waals surface area contributed by atoms with Gasteiger partial charge in [0.1, 0.15) is 0 Å². The van der Waals surface area contributed by atoms with Gasteiger partial charge in [-0.2, -0.15) is 0 Å². The van der Waals surface area contributed by atoms with Crippen LogP contribution in [0.3, 0.4) is 0 Å². The summed E-state index contributed by atoms with van der Waals surface area (Å²) in [4.78, 5) is 49.2. The van der Waals surface area contributed by atoms with Gasteiger partial charge in [-0.25, -0.2) is 0 Å². The van der Waals surface area contributed by atoms with E-state index in [1.807, 2.05) is 0 Å². The van der Waals surface area contributed by atoms with Crippen molar-refractivity contribution < 1.29 is 5.11 Å². The van der Waals surface area contributed by atoms with Crippen molar-refractivity contribution in [3.63, 3.8) is 0 Å². The van der Waals surface area contributed by atoms with Gasteiger partial charge in [0.05, 0.1) is 21.7 Å². The summed E-state index contributed by atoms with van der Waals surface area (Å²) in [6.45, 7) is 9.81. The molecule has 204 valence electrons. The molecule has 38 heavy (non-hydrogen) atoms. The van der Waals surface area contributed by atoms with Gasteiger partial charge in [-0.1, -0.05) is 66.2 Å². The number of anilines is 1. The Balaban J connectivity index is 1.96. The van der Waals surface area contributed by atoms with Crippen molar-refractivity contribution in [1.82, 2.24) is 9.97 Å². The minimum atomic E-state index is -0.522. The van der Waals surface area contributed by atoms with Crippen LogP contribution in [0.1, 0.15) is 79.1 Å². The normalized spacial score (nSPS) is 14.2. The Labute approximate surface area is 222 Å². The SMILES string of the molecule is CCCCC(CC)CN=c1cc2c(=O)[nH]c(=O)c3c(NCC(CC)CCCC)cc4c(O)[nH]c(=O)c1c4c3-2. The summed E-state index contributed by atoms with van der Waals surface area (Å²) >= 11 is 0. The van der Waals surface area contributed by atoms with E-state index in [0.29, 0.717) is 68.6 Å². The highest BCUT2D eigenvalue weighted by molar-refractivity contribution is 6.18. The molecule has 0 radical (unpaired) electrons. The van der Waals surface area contributed by atoms with Crippen LogP contribution in [-0.2, 0) is 0 Å². The number of aromatic nitrogens is 2. The molecule has 0 saturated carbocycles. The third-order valence-corrected chi connectivity index (χ3v) is 7.98. The highest BCUT2D eigenvalue weighted by atomic mass is 16.3. The van der Waals surface area contributed by atoms with Crippen molar-refractivity contribution in [3.8, 4) is 17.0 Å². The summed E-state index contributed by atoms with van der Waals surface area (Å²) in [5.74, 6) is 0.512. The molecule has 0 amide bonds. The summed E-state index contributed by atoms with van der Waals surface area (Å²) in [5, 5.41) is 16.1. The van der Waals surface area contributed by atoms with Gasteiger partial charge in [0.25, 0.3) is 16.7 Å². The van der Waals surface area contributed by atoms with Gasteiger partial charge < -0.3 is 10.4 Å². The summed E-state index contributed by atoms with van der Waals surface area (Å²) in [7, 11) is 0. The van der Waals surface area contributed by atoms with Crippen LogP contribution < -0.4 is 27.4 Å². The monoisotopic (exact) mass is 520 g/mol. The standard InChI is InChI=1S/C30H40N4O4/c1-5-9-11-17(7-3)15-31-21-13-19-24-23-20(28(36)33-29(37)25(21)23)14-22(26(24)30(38)34-27(19)35)32-16-18(8-4)12-10-6-2/h13-14,17-18,31H,5-12,15-16H2,1-4H3,(H,33,36,37)(H2,34,35,38). The maximum Gasteiger partial charge on any atom is 0.260 e. The van der Waals surface area contributed by atoms with E-state index in [0.717, 1.165) is 51.4 Å². The van der Waals surface area contributed by atoms with Crippen LogP contribution >= 0.6 is 0 Å². The summed E-state index contributed by atoms with van der Waals surface area (Å²) in [6, 6.07) is 3.34. The summed E-state index contributed by atoms with van der Waals surface area (Å²) in [5.41, 5.74) is -0.288. The number of hydrogen-bond donors (Lipinski definition) is 4. The molecule has 2 atom stereocenters. The van der Waals surface area contributed by atoms with Crippen molar-refractivity contribution in [2.24, 2.45) is 16.8 Å². The smallest absolute Gasteiger partial charge is 0.260 e. The Bertz CT molecular complexity index is 1590. The number of pyridine rings is 2. The fourth-order valence-corrected chi connectivity index (χ4v) is 5.53. The minimum Gasteiger partial charge on any atom is -0.494 e. The predicted octanol–water partition coefficient (Wildman–Crippen LogP) is 5.16. The number of unbranched alkanes of at least 4 members (excludes halogenated alkanes) is 2. The molecule has 1 aromatic heterocycles. The van der Waals surface area contributed by atoms with Crippen molar-refractivity contribution in [3.05, 3.63) is 48.6 Å². The first-order valence-electron chi connectivity index (χ1n) is 14.2. The van der Waals surface area contributed by atoms with Crippen LogP contribution in [-0.4, -0.2) is 28.2 Å². The number of benzene rings is 2. The molecule has 2 heterocycles. The number of nitrogens with zero attached hydrogens (tertiary/aromatic N) is 1. The zero-order valence-corrected chi connectivity index (χ0v) is 23.0. The van der Waals surface area contributed by atoms with Crippen molar-refractivity contribution >= 4 is 27.2 Å². The van der Waals surface area contributed by atoms with Crippen molar-refractivity contribution in [2.75, 3.05) is 18.4 Å². The zero-order chi connectivity index (χ0) is 27.4. The third kappa shape index (κ3) is 5.26. The molecular formula is C30H40N4O4. The Kier molecular flexibility index (Phi) is 8.69. The van der Waals surface area contributed by atoms with Gasteiger partial charge in [-0.15, -0.1) is 0 Å². The predicted molar refractivity (Wildman–Crippen MR) is 155 cm³/mol. The van der Waals surface area contributed by atoms with E-state index in [2.05, 4.69) is 43.0 Å². The lowest BCUT2D eigenvalue weighted by molar-refractivity contribution is 0.458. The van der Waals surface area contributed by atoms with Crippen LogP contribution in [0.4, 0.5) is 5.69 Å². The molecule has 8 heteroatoms. The van der Waals surface area contributed by atoms with Crippen molar-refractivity contribution in [1.29, 1.82) is 0 Å². The first-order valence-corrected chi connectivity index (χ1v) is 14.2. The van der Waals surface area contributed by atoms with Crippen LogP contribution in [0.2, 0.25) is 0 Å². The molecule has 0 fully saturated rings. The van der Waals surface area contributed by atoms with Gasteiger partial charge in [0, 0.05) is 35.1 Å². The Morgan fingerprint density at radius 1 is 0.842 bits per heavy atom. The largest absolute Gasteiger partial charge is 0.494 e. The van der Waals surface area contributed by atoms with Gasteiger partial charge >= 0.3 is 0 Å². The van der Waals surface area contributed by atoms with E-state index >= 15 is 0 Å². The minimum absolute atomic E-state index is 0.286. The maximum atomic E-state index is 13.2. The number of nitrogens with one attached hydrogen (secondary N) is 3. The Morgan fingerprint density at radius 2 is 1.50 bits per heavy atom. The molecule has 0 spiro atoms. The summed E-state index contributed by atoms with van der Waals surface area (Å²) < 4.78 is 0. The van der Waals surface area contributed by atoms with Gasteiger partial charge in [0.2, 0.25) is 0 Å². The molecule has 2 unspecified atom stereocenters. The number of aromatic hydroxyl groups is 1. The van der Waals surface area contributed by atoms with Crippen LogP contribution in [0, 0.1) is 11.8 Å². The molecule has 2 aromatic rings. The van der Waals surface area contributed by atoms with Gasteiger partial charge in [0.15, 0.2) is 5.88 Å². The maximum absolute atomic E-state index is 13.2. The molecule has 1 aliphatic carbocycles. The second-order valence-electron chi connectivity index (χ2n) is 10.6. The molecule has 0 saturated heterocycles. The highest BCUT2D eigenvalue weighted by Gasteiger charge is 2.26. The highest BCUT2D eigenvalue weighted by Crippen LogP contribution is 2.39. The second kappa shape index (κ2) is 12.0. The van der Waals surface area contributed by atoms with Crippen LogP contribution in [0.25, 0.3) is 32.7 Å². The van der Waals surface area contributed by atoms with E-state index in [1.54, 1.807) is 12.1 Å². The number of rotatable bonds is 13. The fourth-order valence-electron chi connectivity index (χ4n) is 5.53. The fraction of sp³-hybridized carbons (Fsp3) is 0.533. The first-order chi connectivity index (χ1) is 18.3. The van der Waals surface area contributed by atoms with E-state index in [4.69, 9.17) is 4.99 Å². The molecule has 2 aliphatic rings. The van der Waals surface area contributed by atoms with Crippen LogP contribution in [0.15, 0.2) is 31.5 Å². The van der Waals surface area contributed by atoms with Gasteiger partial charge in [-0.3, -0.25) is 29.3 Å². The number of hydrogen-bond acceptors (Lipinski definition) is 6.